The van der Waals surface area contributed by atoms with Gasteiger partial charge >= 0.3 is 0 Å². The van der Waals surface area contributed by atoms with E-state index in [9.17, 15) is 4.39 Å². The second-order valence-electron chi connectivity index (χ2n) is 5.71. The third-order valence-electron chi connectivity index (χ3n) is 4.36. The molecule has 21 heavy (non-hydrogen) atoms. The van der Waals surface area contributed by atoms with Crippen molar-refractivity contribution in [3.63, 3.8) is 0 Å². The zero-order valence-corrected chi connectivity index (χ0v) is 13.6. The lowest BCUT2D eigenvalue weighted by Gasteiger charge is -2.32. The summed E-state index contributed by atoms with van der Waals surface area (Å²) in [5.74, 6) is -0.121. The highest BCUT2D eigenvalue weighted by atomic mass is 32.1. The van der Waals surface area contributed by atoms with Crippen LogP contribution in [-0.4, -0.2) is 13.6 Å². The third-order valence-corrected chi connectivity index (χ3v) is 5.38. The summed E-state index contributed by atoms with van der Waals surface area (Å²) in [5, 5.41) is 5.40. The molecule has 0 saturated heterocycles. The van der Waals surface area contributed by atoms with Crippen molar-refractivity contribution in [3.05, 3.63) is 51.0 Å². The molecule has 1 unspecified atom stereocenters. The van der Waals surface area contributed by atoms with Gasteiger partial charge < -0.3 is 10.2 Å². The van der Waals surface area contributed by atoms with Crippen LogP contribution in [0.5, 0.6) is 0 Å². The van der Waals surface area contributed by atoms with Gasteiger partial charge in [-0.1, -0.05) is 0 Å². The average Bonchev–Trinajstić information content (AvgIpc) is 2.96. The molecule has 0 radical (unpaired) electrons. The number of hydrogen-bond acceptors (Lipinski definition) is 3. The Balaban J connectivity index is 2.00. The van der Waals surface area contributed by atoms with Crippen molar-refractivity contribution in [2.45, 2.75) is 32.9 Å². The van der Waals surface area contributed by atoms with Crippen molar-refractivity contribution in [1.82, 2.24) is 5.32 Å². The molecule has 1 aromatic heterocycles. The topological polar surface area (TPSA) is 15.3 Å². The quantitative estimate of drug-likeness (QED) is 0.920. The molecule has 0 bridgehead atoms. The summed E-state index contributed by atoms with van der Waals surface area (Å²) in [6, 6.07) is 6.04. The maximum Gasteiger partial charge on any atom is 0.126 e. The van der Waals surface area contributed by atoms with Crippen LogP contribution in [0.4, 0.5) is 10.1 Å². The second-order valence-corrected chi connectivity index (χ2v) is 6.71. The molecule has 112 valence electrons. The van der Waals surface area contributed by atoms with Gasteiger partial charge in [0.15, 0.2) is 0 Å². The number of hydrogen-bond donors (Lipinski definition) is 1. The van der Waals surface area contributed by atoms with E-state index in [1.54, 1.807) is 6.07 Å². The predicted molar refractivity (Wildman–Crippen MR) is 87.7 cm³/mol. The van der Waals surface area contributed by atoms with Gasteiger partial charge in [-0.25, -0.2) is 4.39 Å². The molecule has 4 heteroatoms. The zero-order chi connectivity index (χ0) is 15.0. The molecule has 0 fully saturated rings. The van der Waals surface area contributed by atoms with E-state index in [0.29, 0.717) is 5.56 Å². The Labute approximate surface area is 129 Å². The van der Waals surface area contributed by atoms with Gasteiger partial charge in [-0.05, 0) is 67.6 Å². The van der Waals surface area contributed by atoms with Crippen LogP contribution in [-0.2, 0) is 13.0 Å². The Morgan fingerprint density at radius 3 is 2.95 bits per heavy atom. The minimum absolute atomic E-state index is 0.121. The van der Waals surface area contributed by atoms with E-state index in [2.05, 4.69) is 28.6 Å². The minimum atomic E-state index is -0.121. The number of rotatable bonds is 3. The van der Waals surface area contributed by atoms with Crippen molar-refractivity contribution >= 4 is 17.0 Å². The minimum Gasteiger partial charge on any atom is -0.367 e. The zero-order valence-electron chi connectivity index (χ0n) is 12.7. The Morgan fingerprint density at radius 2 is 2.19 bits per heavy atom. The van der Waals surface area contributed by atoms with Crippen LogP contribution in [0.25, 0.3) is 0 Å². The number of thiophene rings is 1. The van der Waals surface area contributed by atoms with Gasteiger partial charge in [0, 0.05) is 29.7 Å². The fourth-order valence-electron chi connectivity index (χ4n) is 2.91. The van der Waals surface area contributed by atoms with E-state index in [0.717, 1.165) is 30.8 Å². The highest BCUT2D eigenvalue weighted by molar-refractivity contribution is 7.10. The lowest BCUT2D eigenvalue weighted by Crippen LogP contribution is -2.31. The molecule has 1 atom stereocenters. The highest BCUT2D eigenvalue weighted by Crippen LogP contribution is 2.33. The first-order valence-corrected chi connectivity index (χ1v) is 8.25. The smallest absolute Gasteiger partial charge is 0.126 e. The summed E-state index contributed by atoms with van der Waals surface area (Å²) in [7, 11) is 1.92. The van der Waals surface area contributed by atoms with Crippen molar-refractivity contribution in [3.8, 4) is 0 Å². The van der Waals surface area contributed by atoms with Gasteiger partial charge in [0.25, 0.3) is 0 Å². The second kappa shape index (κ2) is 5.78. The van der Waals surface area contributed by atoms with Gasteiger partial charge in [-0.2, -0.15) is 0 Å². The highest BCUT2D eigenvalue weighted by Gasteiger charge is 2.22. The lowest BCUT2D eigenvalue weighted by atomic mass is 10.00. The molecule has 0 amide bonds. The van der Waals surface area contributed by atoms with E-state index in [4.69, 9.17) is 0 Å². The van der Waals surface area contributed by atoms with Gasteiger partial charge in [0.1, 0.15) is 5.82 Å². The van der Waals surface area contributed by atoms with Crippen LogP contribution in [0, 0.1) is 12.7 Å². The molecule has 0 aliphatic carbocycles. The van der Waals surface area contributed by atoms with Crippen LogP contribution < -0.4 is 10.2 Å². The summed E-state index contributed by atoms with van der Waals surface area (Å²) in [6.45, 7) is 5.84. The van der Waals surface area contributed by atoms with Crippen molar-refractivity contribution in [2.24, 2.45) is 0 Å². The summed E-state index contributed by atoms with van der Waals surface area (Å²) in [4.78, 5) is 3.87. The lowest BCUT2D eigenvalue weighted by molar-refractivity contribution is 0.597. The first kappa shape index (κ1) is 14.5. The van der Waals surface area contributed by atoms with Gasteiger partial charge in [0.05, 0.1) is 0 Å². The standard InChI is InChI=1S/C17H21FN2S/c1-11-8-16(14(9-15(11)18)12(2)19-3)20-6-4-17-13(10-20)5-7-21-17/h5,7-9,12,19H,4,6,10H2,1-3H3. The average molecular weight is 304 g/mol. The fourth-order valence-corrected chi connectivity index (χ4v) is 3.80. The molecule has 1 N–H and O–H groups in total. The number of aryl methyl sites for hydroxylation is 1. The maximum atomic E-state index is 14.0. The van der Waals surface area contributed by atoms with E-state index in [1.807, 2.05) is 31.4 Å². The molecule has 0 spiro atoms. The molecule has 3 rings (SSSR count). The Kier molecular flexibility index (Phi) is 4.00. The molecule has 0 saturated carbocycles. The molecule has 2 nitrogen and oxygen atoms in total. The number of benzene rings is 1. The van der Waals surface area contributed by atoms with E-state index in [1.165, 1.54) is 10.4 Å². The molecular formula is C17H21FN2S. The number of fused-ring (bicyclic) bond motifs is 1. The summed E-state index contributed by atoms with van der Waals surface area (Å²) in [6.07, 6.45) is 1.08. The van der Waals surface area contributed by atoms with Gasteiger partial charge in [-0.15, -0.1) is 11.3 Å². The van der Waals surface area contributed by atoms with E-state index in [-0.39, 0.29) is 11.9 Å². The summed E-state index contributed by atoms with van der Waals surface area (Å²) in [5.41, 5.74) is 4.33. The molecule has 2 aromatic rings. The predicted octanol–water partition coefficient (Wildman–Crippen LogP) is 4.04. The SMILES string of the molecule is CNC(C)c1cc(F)c(C)cc1N1CCc2sccc2C1. The fraction of sp³-hybridized carbons (Fsp3) is 0.412. The summed E-state index contributed by atoms with van der Waals surface area (Å²) >= 11 is 1.84. The van der Waals surface area contributed by atoms with Crippen LogP contribution in [0.15, 0.2) is 23.6 Å². The van der Waals surface area contributed by atoms with Crippen LogP contribution in [0.1, 0.15) is 34.5 Å². The van der Waals surface area contributed by atoms with Crippen LogP contribution in [0.3, 0.4) is 0 Å². The Bertz CT molecular complexity index is 650. The van der Waals surface area contributed by atoms with Crippen LogP contribution >= 0.6 is 11.3 Å². The van der Waals surface area contributed by atoms with Crippen LogP contribution in [0.2, 0.25) is 0 Å². The van der Waals surface area contributed by atoms with Crippen molar-refractivity contribution in [1.29, 1.82) is 0 Å². The summed E-state index contributed by atoms with van der Waals surface area (Å²) < 4.78 is 14.0. The molecule has 1 aliphatic rings. The monoisotopic (exact) mass is 304 g/mol. The molecular weight excluding hydrogens is 283 g/mol. The molecule has 1 aliphatic heterocycles. The number of nitrogens with one attached hydrogen (secondary N) is 1. The van der Waals surface area contributed by atoms with Gasteiger partial charge in [-0.3, -0.25) is 0 Å². The third kappa shape index (κ3) is 2.70. The Hall–Kier alpha value is -1.39. The first-order chi connectivity index (χ1) is 10.1. The number of anilines is 1. The van der Waals surface area contributed by atoms with Gasteiger partial charge in [0.2, 0.25) is 0 Å². The van der Waals surface area contributed by atoms with Crippen molar-refractivity contribution < 1.29 is 4.39 Å². The number of halogens is 1. The van der Waals surface area contributed by atoms with E-state index >= 15 is 0 Å². The molecule has 1 aromatic carbocycles. The number of nitrogens with zero attached hydrogens (tertiary/aromatic N) is 1. The van der Waals surface area contributed by atoms with Crippen molar-refractivity contribution in [2.75, 3.05) is 18.5 Å². The van der Waals surface area contributed by atoms with E-state index < -0.39 is 0 Å². The maximum absolute atomic E-state index is 14.0. The largest absolute Gasteiger partial charge is 0.367 e. The molecule has 2 heterocycles. The normalized spacial score (nSPS) is 15.9. The Morgan fingerprint density at radius 1 is 1.38 bits per heavy atom. The first-order valence-electron chi connectivity index (χ1n) is 7.37.